The summed E-state index contributed by atoms with van der Waals surface area (Å²) in [7, 11) is 1.67. The molecule has 2 heterocycles. The van der Waals surface area contributed by atoms with E-state index in [0.717, 1.165) is 17.1 Å². The number of hydrogen-bond acceptors (Lipinski definition) is 3. The van der Waals surface area contributed by atoms with E-state index in [0.29, 0.717) is 17.1 Å². The molecule has 0 bridgehead atoms. The van der Waals surface area contributed by atoms with Gasteiger partial charge in [-0.15, -0.1) is 0 Å². The monoisotopic (exact) mass is 348 g/mol. The van der Waals surface area contributed by atoms with Crippen LogP contribution in [0, 0.1) is 0 Å². The highest BCUT2D eigenvalue weighted by Crippen LogP contribution is 2.31. The summed E-state index contributed by atoms with van der Waals surface area (Å²) < 4.78 is 1.46. The van der Waals surface area contributed by atoms with E-state index in [1.807, 2.05) is 40.9 Å². The third-order valence-corrected chi connectivity index (χ3v) is 5.27. The number of nitrogens with zero attached hydrogens (tertiary/aromatic N) is 2. The van der Waals surface area contributed by atoms with Crippen LogP contribution in [-0.2, 0) is 7.05 Å². The van der Waals surface area contributed by atoms with E-state index in [-0.39, 0.29) is 17.5 Å². The smallest absolute Gasteiger partial charge is 0.254 e. The summed E-state index contributed by atoms with van der Waals surface area (Å²) in [5.41, 5.74) is 1.34. The second-order valence-electron chi connectivity index (χ2n) is 5.51. The van der Waals surface area contributed by atoms with Crippen molar-refractivity contribution in [3.05, 3.63) is 69.1 Å². The largest absolute Gasteiger partial charge is 0.330 e. The van der Waals surface area contributed by atoms with Gasteiger partial charge in [0.1, 0.15) is 0 Å². The van der Waals surface area contributed by atoms with E-state index in [9.17, 15) is 9.59 Å². The van der Waals surface area contributed by atoms with Gasteiger partial charge in [-0.1, -0.05) is 23.7 Å². The van der Waals surface area contributed by atoms with Crippen LogP contribution in [0.15, 0.2) is 47.4 Å². The molecule has 0 radical (unpaired) electrons. The molecule has 1 aromatic heterocycles. The minimum absolute atomic E-state index is 0.00238. The van der Waals surface area contributed by atoms with Crippen LogP contribution in [0.25, 0.3) is 0 Å². The van der Waals surface area contributed by atoms with Crippen LogP contribution in [0.1, 0.15) is 22.0 Å². The molecule has 1 amide bonds. The van der Waals surface area contributed by atoms with E-state index in [1.165, 1.54) is 10.6 Å². The van der Waals surface area contributed by atoms with Crippen molar-refractivity contribution in [1.82, 2.24) is 9.47 Å². The summed E-state index contributed by atoms with van der Waals surface area (Å²) in [5, 5.41) is 0.682. The zero-order valence-corrected chi connectivity index (χ0v) is 14.3. The molecular formula is C17H17ClN2O2S. The number of pyridine rings is 1. The van der Waals surface area contributed by atoms with Crippen molar-refractivity contribution in [2.75, 3.05) is 18.1 Å². The van der Waals surface area contributed by atoms with Gasteiger partial charge in [-0.3, -0.25) is 9.59 Å². The molecule has 1 aliphatic rings. The van der Waals surface area contributed by atoms with E-state index in [2.05, 4.69) is 0 Å². The average molecular weight is 349 g/mol. The van der Waals surface area contributed by atoms with Crippen LogP contribution in [0.4, 0.5) is 0 Å². The molecule has 0 saturated carbocycles. The fraction of sp³-hybridized carbons (Fsp3) is 0.294. The van der Waals surface area contributed by atoms with Crippen molar-refractivity contribution in [3.8, 4) is 0 Å². The van der Waals surface area contributed by atoms with Crippen LogP contribution >= 0.6 is 23.4 Å². The quantitative estimate of drug-likeness (QED) is 0.838. The highest BCUT2D eigenvalue weighted by molar-refractivity contribution is 7.99. The van der Waals surface area contributed by atoms with E-state index < -0.39 is 0 Å². The maximum absolute atomic E-state index is 12.9. The maximum atomic E-state index is 12.9. The second-order valence-corrected chi connectivity index (χ2v) is 7.09. The summed E-state index contributed by atoms with van der Waals surface area (Å²) in [4.78, 5) is 26.5. The minimum Gasteiger partial charge on any atom is -0.330 e. The SMILES string of the molecule is Cn1ccc(C(=O)N2CCSC[C@H]2c2ccc(Cl)cc2)cc1=O. The second kappa shape index (κ2) is 6.81. The van der Waals surface area contributed by atoms with Gasteiger partial charge >= 0.3 is 0 Å². The van der Waals surface area contributed by atoms with Gasteiger partial charge in [-0.2, -0.15) is 11.8 Å². The van der Waals surface area contributed by atoms with Crippen molar-refractivity contribution in [2.24, 2.45) is 7.05 Å². The molecule has 1 aliphatic heterocycles. The lowest BCUT2D eigenvalue weighted by molar-refractivity contribution is 0.0701. The van der Waals surface area contributed by atoms with Crippen LogP contribution in [0.3, 0.4) is 0 Å². The number of rotatable bonds is 2. The van der Waals surface area contributed by atoms with Crippen molar-refractivity contribution in [1.29, 1.82) is 0 Å². The number of carbonyl (C=O) groups excluding carboxylic acids is 1. The van der Waals surface area contributed by atoms with Crippen molar-refractivity contribution in [2.45, 2.75) is 6.04 Å². The number of aryl methyl sites for hydroxylation is 1. The van der Waals surface area contributed by atoms with Gasteiger partial charge in [-0.25, -0.2) is 0 Å². The van der Waals surface area contributed by atoms with Crippen LogP contribution in [0.5, 0.6) is 0 Å². The fourth-order valence-corrected chi connectivity index (χ4v) is 3.87. The zero-order chi connectivity index (χ0) is 16.4. The highest BCUT2D eigenvalue weighted by Gasteiger charge is 2.29. The fourth-order valence-electron chi connectivity index (χ4n) is 2.66. The van der Waals surface area contributed by atoms with E-state index >= 15 is 0 Å². The van der Waals surface area contributed by atoms with Gasteiger partial charge in [0, 0.05) is 47.9 Å². The Morgan fingerprint density at radius 2 is 2.00 bits per heavy atom. The topological polar surface area (TPSA) is 42.3 Å². The number of thioether (sulfide) groups is 1. The first-order valence-corrected chi connectivity index (χ1v) is 8.90. The summed E-state index contributed by atoms with van der Waals surface area (Å²) >= 11 is 7.79. The van der Waals surface area contributed by atoms with Gasteiger partial charge in [0.2, 0.25) is 0 Å². The maximum Gasteiger partial charge on any atom is 0.254 e. The molecule has 3 rings (SSSR count). The molecule has 0 spiro atoms. The number of halogens is 1. The lowest BCUT2D eigenvalue weighted by atomic mass is 10.1. The zero-order valence-electron chi connectivity index (χ0n) is 12.7. The Morgan fingerprint density at radius 3 is 2.70 bits per heavy atom. The third-order valence-electron chi connectivity index (χ3n) is 4.00. The average Bonchev–Trinajstić information content (AvgIpc) is 2.57. The number of carbonyl (C=O) groups is 1. The van der Waals surface area contributed by atoms with Gasteiger partial charge in [0.15, 0.2) is 0 Å². The molecule has 0 unspecified atom stereocenters. The summed E-state index contributed by atoms with van der Waals surface area (Å²) in [6.45, 7) is 0.673. The normalized spacial score (nSPS) is 18.0. The summed E-state index contributed by atoms with van der Waals surface area (Å²) in [6.07, 6.45) is 1.63. The lowest BCUT2D eigenvalue weighted by Crippen LogP contribution is -2.41. The van der Waals surface area contributed by atoms with Gasteiger partial charge in [0.05, 0.1) is 6.04 Å². The van der Waals surface area contributed by atoms with Crippen molar-refractivity contribution >= 4 is 29.3 Å². The Kier molecular flexibility index (Phi) is 4.78. The van der Waals surface area contributed by atoms with E-state index in [1.54, 1.807) is 19.3 Å². The Balaban J connectivity index is 1.91. The summed E-state index contributed by atoms with van der Waals surface area (Å²) in [6, 6.07) is 10.7. The van der Waals surface area contributed by atoms with Gasteiger partial charge in [-0.05, 0) is 23.8 Å². The predicted molar refractivity (Wildman–Crippen MR) is 94.2 cm³/mol. The Morgan fingerprint density at radius 1 is 1.26 bits per heavy atom. The number of aromatic nitrogens is 1. The molecule has 1 atom stereocenters. The molecule has 23 heavy (non-hydrogen) atoms. The van der Waals surface area contributed by atoms with Crippen molar-refractivity contribution in [3.63, 3.8) is 0 Å². The van der Waals surface area contributed by atoms with E-state index in [4.69, 9.17) is 11.6 Å². The third kappa shape index (κ3) is 3.46. The van der Waals surface area contributed by atoms with Crippen molar-refractivity contribution < 1.29 is 4.79 Å². The molecule has 120 valence electrons. The first kappa shape index (κ1) is 16.1. The molecule has 1 saturated heterocycles. The number of hydrogen-bond donors (Lipinski definition) is 0. The summed E-state index contributed by atoms with van der Waals surface area (Å²) in [5.74, 6) is 1.65. The predicted octanol–water partition coefficient (Wildman–Crippen LogP) is 2.97. The Bertz CT molecular complexity index is 773. The van der Waals surface area contributed by atoms with Gasteiger partial charge in [0.25, 0.3) is 11.5 Å². The van der Waals surface area contributed by atoms with Crippen LogP contribution in [0.2, 0.25) is 5.02 Å². The molecule has 6 heteroatoms. The number of benzene rings is 1. The molecule has 1 fully saturated rings. The van der Waals surface area contributed by atoms with Crippen LogP contribution < -0.4 is 5.56 Å². The molecule has 1 aromatic carbocycles. The Labute approximate surface area is 144 Å². The standard InChI is InChI=1S/C17H17ClN2O2S/c1-19-7-6-13(10-16(19)21)17(22)20-8-9-23-11-15(20)12-2-4-14(18)5-3-12/h2-7,10,15H,8-9,11H2,1H3/t15-/m0/s1. The molecule has 0 aliphatic carbocycles. The molecule has 0 N–H and O–H groups in total. The first-order chi connectivity index (χ1) is 11.1. The minimum atomic E-state index is -0.176. The number of amides is 1. The lowest BCUT2D eigenvalue weighted by Gasteiger charge is -2.36. The molecule has 4 nitrogen and oxygen atoms in total. The van der Waals surface area contributed by atoms with Crippen LogP contribution in [-0.4, -0.2) is 33.4 Å². The van der Waals surface area contributed by atoms with Gasteiger partial charge < -0.3 is 9.47 Å². The molecule has 2 aromatic rings. The Hall–Kier alpha value is -1.72. The highest BCUT2D eigenvalue weighted by atomic mass is 35.5. The molecular weight excluding hydrogens is 332 g/mol. The first-order valence-electron chi connectivity index (χ1n) is 7.37.